The van der Waals surface area contributed by atoms with Gasteiger partial charge < -0.3 is 0 Å². The standard InChI is InChI=1S/C27H17NO/c1-16-10-12-18(13-11-16)26-25-24(20-8-4-5-9-21(20)27(25)29)23-19-7-3-2-6-17(19)14-15-22(23)28-26/h2-15H,1H3. The van der Waals surface area contributed by atoms with Crippen LogP contribution in [0.2, 0.25) is 0 Å². The molecule has 0 saturated carbocycles. The van der Waals surface area contributed by atoms with Crippen molar-refractivity contribution in [1.29, 1.82) is 0 Å². The van der Waals surface area contributed by atoms with Crippen LogP contribution in [-0.4, -0.2) is 10.8 Å². The number of benzene rings is 4. The Kier molecular flexibility index (Phi) is 3.27. The number of hydrogen-bond acceptors (Lipinski definition) is 2. The molecule has 4 aromatic carbocycles. The van der Waals surface area contributed by atoms with Crippen LogP contribution in [0.15, 0.2) is 84.9 Å². The highest BCUT2D eigenvalue weighted by molar-refractivity contribution is 6.30. The molecule has 0 saturated heterocycles. The summed E-state index contributed by atoms with van der Waals surface area (Å²) in [7, 11) is 0. The summed E-state index contributed by atoms with van der Waals surface area (Å²) < 4.78 is 0. The molecule has 0 spiro atoms. The molecular formula is C27H17NO. The molecule has 0 N–H and O–H groups in total. The van der Waals surface area contributed by atoms with Crippen molar-refractivity contribution in [2.75, 3.05) is 0 Å². The zero-order chi connectivity index (χ0) is 19.5. The van der Waals surface area contributed by atoms with Crippen LogP contribution in [0.1, 0.15) is 21.5 Å². The number of hydrogen-bond donors (Lipinski definition) is 0. The van der Waals surface area contributed by atoms with Gasteiger partial charge in [-0.25, -0.2) is 4.98 Å². The number of nitrogens with zero attached hydrogens (tertiary/aromatic N) is 1. The molecule has 1 heterocycles. The Balaban J connectivity index is 1.84. The fraction of sp³-hybridized carbons (Fsp3) is 0.0370. The summed E-state index contributed by atoms with van der Waals surface area (Å²) in [4.78, 5) is 18.5. The number of carbonyl (C=O) groups excluding carboxylic acids is 1. The zero-order valence-corrected chi connectivity index (χ0v) is 15.9. The quantitative estimate of drug-likeness (QED) is 0.306. The number of carbonyl (C=O) groups is 1. The van der Waals surface area contributed by atoms with Crippen molar-refractivity contribution in [1.82, 2.24) is 4.98 Å². The van der Waals surface area contributed by atoms with Crippen LogP contribution in [0.25, 0.3) is 44.1 Å². The SMILES string of the molecule is Cc1ccc(-c2nc3ccc4ccccc4c3c3c2C(=O)c2ccccc2-3)cc1. The minimum Gasteiger partial charge on any atom is -0.288 e. The Morgan fingerprint density at radius 1 is 0.690 bits per heavy atom. The van der Waals surface area contributed by atoms with E-state index < -0.39 is 0 Å². The monoisotopic (exact) mass is 371 g/mol. The van der Waals surface area contributed by atoms with Crippen molar-refractivity contribution < 1.29 is 4.79 Å². The van der Waals surface area contributed by atoms with Gasteiger partial charge >= 0.3 is 0 Å². The fourth-order valence-corrected chi connectivity index (χ4v) is 4.48. The van der Waals surface area contributed by atoms with E-state index in [1.54, 1.807) is 0 Å². The number of pyridine rings is 1. The Morgan fingerprint density at radius 3 is 2.24 bits per heavy atom. The van der Waals surface area contributed by atoms with Crippen LogP contribution < -0.4 is 0 Å². The maximum atomic E-state index is 13.5. The van der Waals surface area contributed by atoms with E-state index in [2.05, 4.69) is 61.5 Å². The van der Waals surface area contributed by atoms with E-state index in [1.807, 2.05) is 30.3 Å². The second-order valence-electron chi connectivity index (χ2n) is 7.63. The van der Waals surface area contributed by atoms with Crippen LogP contribution in [-0.2, 0) is 0 Å². The minimum absolute atomic E-state index is 0.0634. The third kappa shape index (κ3) is 2.23. The Bertz CT molecular complexity index is 1460. The molecule has 29 heavy (non-hydrogen) atoms. The molecular weight excluding hydrogens is 354 g/mol. The first-order valence-corrected chi connectivity index (χ1v) is 9.79. The molecule has 1 aromatic heterocycles. The average molecular weight is 371 g/mol. The van der Waals surface area contributed by atoms with E-state index in [1.165, 1.54) is 5.56 Å². The Morgan fingerprint density at radius 2 is 1.41 bits per heavy atom. The van der Waals surface area contributed by atoms with Gasteiger partial charge in [0.1, 0.15) is 0 Å². The predicted octanol–water partition coefficient (Wildman–Crippen LogP) is 6.57. The van der Waals surface area contributed by atoms with Gasteiger partial charge in [0.25, 0.3) is 0 Å². The largest absolute Gasteiger partial charge is 0.288 e. The molecule has 136 valence electrons. The van der Waals surface area contributed by atoms with E-state index in [9.17, 15) is 4.79 Å². The summed E-state index contributed by atoms with van der Waals surface area (Å²) in [5.74, 6) is 0.0634. The van der Waals surface area contributed by atoms with E-state index in [-0.39, 0.29) is 5.78 Å². The van der Waals surface area contributed by atoms with E-state index in [0.717, 1.165) is 55.2 Å². The van der Waals surface area contributed by atoms with Gasteiger partial charge in [-0.3, -0.25) is 4.79 Å². The van der Waals surface area contributed by atoms with Gasteiger partial charge in [0, 0.05) is 22.1 Å². The highest BCUT2D eigenvalue weighted by Gasteiger charge is 2.32. The van der Waals surface area contributed by atoms with Gasteiger partial charge in [-0.15, -0.1) is 0 Å². The molecule has 2 heteroatoms. The molecule has 0 unspecified atom stereocenters. The van der Waals surface area contributed by atoms with E-state index in [4.69, 9.17) is 4.98 Å². The fourth-order valence-electron chi connectivity index (χ4n) is 4.48. The molecule has 6 rings (SSSR count). The molecule has 0 radical (unpaired) electrons. The van der Waals surface area contributed by atoms with Gasteiger partial charge in [0.2, 0.25) is 0 Å². The van der Waals surface area contributed by atoms with Gasteiger partial charge in [0.05, 0.1) is 16.8 Å². The van der Waals surface area contributed by atoms with Crippen LogP contribution in [0, 0.1) is 6.92 Å². The van der Waals surface area contributed by atoms with E-state index >= 15 is 0 Å². The lowest BCUT2D eigenvalue weighted by Crippen LogP contribution is -2.01. The number of fused-ring (bicyclic) bond motifs is 7. The Labute approximate surface area is 168 Å². The molecule has 0 fully saturated rings. The first kappa shape index (κ1) is 16.2. The summed E-state index contributed by atoms with van der Waals surface area (Å²) in [6.45, 7) is 2.06. The van der Waals surface area contributed by atoms with Crippen molar-refractivity contribution in [2.45, 2.75) is 6.92 Å². The summed E-state index contributed by atoms with van der Waals surface area (Å²) in [5, 5.41) is 3.35. The number of aromatic nitrogens is 1. The molecule has 1 aliphatic rings. The lowest BCUT2D eigenvalue weighted by molar-refractivity contribution is 0.104. The minimum atomic E-state index is 0.0634. The van der Waals surface area contributed by atoms with Crippen LogP contribution >= 0.6 is 0 Å². The maximum Gasteiger partial charge on any atom is 0.196 e. The smallest absolute Gasteiger partial charge is 0.196 e. The van der Waals surface area contributed by atoms with Gasteiger partial charge in [-0.2, -0.15) is 0 Å². The molecule has 1 aliphatic carbocycles. The molecule has 0 amide bonds. The first-order valence-electron chi connectivity index (χ1n) is 9.79. The summed E-state index contributed by atoms with van der Waals surface area (Å²) in [6.07, 6.45) is 0. The zero-order valence-electron chi connectivity index (χ0n) is 15.9. The average Bonchev–Trinajstić information content (AvgIpc) is 3.07. The molecule has 0 bridgehead atoms. The number of ketones is 1. The van der Waals surface area contributed by atoms with Crippen LogP contribution in [0.4, 0.5) is 0 Å². The van der Waals surface area contributed by atoms with Crippen molar-refractivity contribution in [3.05, 3.63) is 102 Å². The molecule has 5 aromatic rings. The topological polar surface area (TPSA) is 30.0 Å². The van der Waals surface area contributed by atoms with Crippen molar-refractivity contribution in [2.24, 2.45) is 0 Å². The van der Waals surface area contributed by atoms with Crippen LogP contribution in [0.3, 0.4) is 0 Å². The van der Waals surface area contributed by atoms with Gasteiger partial charge in [-0.1, -0.05) is 84.4 Å². The summed E-state index contributed by atoms with van der Waals surface area (Å²) in [5.41, 5.74) is 7.35. The third-order valence-corrected chi connectivity index (χ3v) is 5.87. The van der Waals surface area contributed by atoms with Crippen molar-refractivity contribution in [3.8, 4) is 22.4 Å². The second-order valence-corrected chi connectivity index (χ2v) is 7.63. The maximum absolute atomic E-state index is 13.5. The van der Waals surface area contributed by atoms with Crippen molar-refractivity contribution in [3.63, 3.8) is 0 Å². The van der Waals surface area contributed by atoms with Gasteiger partial charge in [0.15, 0.2) is 5.78 Å². The predicted molar refractivity (Wildman–Crippen MR) is 118 cm³/mol. The lowest BCUT2D eigenvalue weighted by atomic mass is 9.93. The number of aryl methyl sites for hydroxylation is 1. The Hall–Kier alpha value is -3.78. The van der Waals surface area contributed by atoms with Crippen molar-refractivity contribution >= 4 is 27.5 Å². The molecule has 0 aliphatic heterocycles. The first-order chi connectivity index (χ1) is 14.2. The summed E-state index contributed by atoms with van der Waals surface area (Å²) >= 11 is 0. The highest BCUT2D eigenvalue weighted by atomic mass is 16.1. The van der Waals surface area contributed by atoms with Gasteiger partial charge in [-0.05, 0) is 29.3 Å². The van der Waals surface area contributed by atoms with Crippen LogP contribution in [0.5, 0.6) is 0 Å². The molecule has 2 nitrogen and oxygen atoms in total. The second kappa shape index (κ2) is 5.86. The summed E-state index contributed by atoms with van der Waals surface area (Å²) in [6, 6.07) is 28.7. The third-order valence-electron chi connectivity index (χ3n) is 5.87. The normalized spacial score (nSPS) is 12.4. The lowest BCUT2D eigenvalue weighted by Gasteiger charge is -2.13. The highest BCUT2D eigenvalue weighted by Crippen LogP contribution is 2.46. The molecule has 0 atom stereocenters. The van der Waals surface area contributed by atoms with E-state index in [0.29, 0.717) is 0 Å². The number of rotatable bonds is 1.